The maximum absolute atomic E-state index is 13.6. The largest absolute Gasteiger partial charge is 0.433 e. The molecular weight excluding hydrogens is 445 g/mol. The highest BCUT2D eigenvalue weighted by Gasteiger charge is 2.41. The van der Waals surface area contributed by atoms with Crippen molar-refractivity contribution < 1.29 is 22.8 Å². The van der Waals surface area contributed by atoms with Crippen LogP contribution in [0.15, 0.2) is 24.3 Å². The van der Waals surface area contributed by atoms with Crippen LogP contribution in [0.3, 0.4) is 0 Å². The Morgan fingerprint density at radius 1 is 1.12 bits per heavy atom. The number of rotatable bonds is 4. The molecule has 0 bridgehead atoms. The molecule has 2 aromatic heterocycles. The minimum Gasteiger partial charge on any atom is -0.369 e. The van der Waals surface area contributed by atoms with Crippen molar-refractivity contribution in [1.82, 2.24) is 14.3 Å². The van der Waals surface area contributed by atoms with Gasteiger partial charge in [0.1, 0.15) is 15.5 Å². The number of piperazine rings is 1. The van der Waals surface area contributed by atoms with Gasteiger partial charge in [-0.2, -0.15) is 13.2 Å². The number of aromatic nitrogens is 2. The first-order valence-electron chi connectivity index (χ1n) is 9.80. The van der Waals surface area contributed by atoms with Crippen LogP contribution in [0.25, 0.3) is 4.83 Å². The summed E-state index contributed by atoms with van der Waals surface area (Å²) in [6.45, 7) is 5.03. The number of amides is 2. The minimum atomic E-state index is -4.81. The monoisotopic (exact) mass is 466 g/mol. The molecule has 0 spiro atoms. The molecule has 2 amide bonds. The number of hydrogen-bond donors (Lipinski definition) is 2. The van der Waals surface area contributed by atoms with Crippen LogP contribution < -0.4 is 16.0 Å². The second kappa shape index (κ2) is 8.10. The third-order valence-corrected chi connectivity index (χ3v) is 6.53. The number of alkyl halides is 3. The molecule has 170 valence electrons. The molecule has 32 heavy (non-hydrogen) atoms. The molecule has 0 radical (unpaired) electrons. The van der Waals surface area contributed by atoms with E-state index in [9.17, 15) is 22.8 Å². The van der Waals surface area contributed by atoms with Gasteiger partial charge in [-0.3, -0.25) is 14.0 Å². The molecule has 8 nitrogen and oxygen atoms in total. The summed E-state index contributed by atoms with van der Waals surface area (Å²) in [7, 11) is 2.07. The third-order valence-electron chi connectivity index (χ3n) is 5.36. The predicted molar refractivity (Wildman–Crippen MR) is 115 cm³/mol. The van der Waals surface area contributed by atoms with Gasteiger partial charge < -0.3 is 20.9 Å². The fraction of sp³-hybridized carbons (Fsp3) is 0.350. The molecule has 1 aromatic carbocycles. The van der Waals surface area contributed by atoms with E-state index in [1.807, 2.05) is 12.1 Å². The maximum atomic E-state index is 13.6. The number of likely N-dealkylation sites (N-methyl/N-ethyl adjacent to an activating group) is 1. The summed E-state index contributed by atoms with van der Waals surface area (Å²) >= 11 is 0.545. The number of aryl methyl sites for hydroxylation is 1. The summed E-state index contributed by atoms with van der Waals surface area (Å²) in [5, 5.41) is 2.56. The summed E-state index contributed by atoms with van der Waals surface area (Å²) in [6, 6.07) is 7.00. The Bertz CT molecular complexity index is 1180. The lowest BCUT2D eigenvalue weighted by atomic mass is 10.1. The van der Waals surface area contributed by atoms with Crippen LogP contribution in [-0.2, 0) is 6.18 Å². The van der Waals surface area contributed by atoms with Gasteiger partial charge in [0.25, 0.3) is 11.8 Å². The van der Waals surface area contributed by atoms with Crippen LogP contribution in [0.5, 0.6) is 0 Å². The van der Waals surface area contributed by atoms with E-state index in [1.165, 1.54) is 6.92 Å². The number of primary amides is 1. The van der Waals surface area contributed by atoms with Crippen LogP contribution in [0.1, 0.15) is 31.5 Å². The Morgan fingerprint density at radius 2 is 1.75 bits per heavy atom. The van der Waals surface area contributed by atoms with E-state index >= 15 is 0 Å². The topological polar surface area (TPSA) is 96.0 Å². The van der Waals surface area contributed by atoms with Crippen molar-refractivity contribution in [3.05, 3.63) is 46.2 Å². The van der Waals surface area contributed by atoms with Crippen LogP contribution in [0, 0.1) is 6.92 Å². The van der Waals surface area contributed by atoms with E-state index in [-0.39, 0.29) is 16.5 Å². The lowest BCUT2D eigenvalue weighted by Crippen LogP contribution is -2.44. The van der Waals surface area contributed by atoms with Crippen LogP contribution in [0.2, 0.25) is 0 Å². The van der Waals surface area contributed by atoms with E-state index in [4.69, 9.17) is 5.73 Å². The van der Waals surface area contributed by atoms with Crippen LogP contribution in [0.4, 0.5) is 24.7 Å². The lowest BCUT2D eigenvalue weighted by Gasteiger charge is -2.34. The molecule has 1 fully saturated rings. The van der Waals surface area contributed by atoms with E-state index in [0.717, 1.165) is 36.3 Å². The molecule has 0 aliphatic carbocycles. The first kappa shape index (κ1) is 22.1. The fourth-order valence-corrected chi connectivity index (χ4v) is 4.79. The van der Waals surface area contributed by atoms with Gasteiger partial charge in [-0.15, -0.1) is 11.3 Å². The second-order valence-electron chi connectivity index (χ2n) is 7.58. The summed E-state index contributed by atoms with van der Waals surface area (Å²) in [5.74, 6) is -1.78. The molecule has 0 unspecified atom stereocenters. The Hall–Kier alpha value is -3.12. The molecule has 3 aromatic rings. The number of nitrogens with two attached hydrogens (primary N) is 1. The van der Waals surface area contributed by atoms with Crippen molar-refractivity contribution in [3.8, 4) is 0 Å². The molecule has 0 saturated carbocycles. The van der Waals surface area contributed by atoms with Gasteiger partial charge in [-0.1, -0.05) is 0 Å². The summed E-state index contributed by atoms with van der Waals surface area (Å²) in [5.41, 5.74) is 5.30. The van der Waals surface area contributed by atoms with Gasteiger partial charge in [0.05, 0.1) is 0 Å². The SMILES string of the molecule is Cc1nc(NC(=O)c2ccc(N3CCN(C)CC3)cc2)c2sc(C(N)=O)c(C(F)(F)F)n12. The number of anilines is 2. The van der Waals surface area contributed by atoms with Gasteiger partial charge in [0.2, 0.25) is 0 Å². The number of nitrogens with one attached hydrogen (secondary N) is 1. The van der Waals surface area contributed by atoms with E-state index in [1.54, 1.807) is 12.1 Å². The van der Waals surface area contributed by atoms with Crippen LogP contribution >= 0.6 is 11.3 Å². The zero-order valence-electron chi connectivity index (χ0n) is 17.4. The minimum absolute atomic E-state index is 0.00830. The number of thiazole rings is 1. The predicted octanol–water partition coefficient (Wildman–Crippen LogP) is 2.83. The normalized spacial score (nSPS) is 15.3. The average molecular weight is 466 g/mol. The van der Waals surface area contributed by atoms with Gasteiger partial charge in [-0.05, 0) is 38.2 Å². The zero-order valence-corrected chi connectivity index (χ0v) is 18.2. The number of halogens is 3. The van der Waals surface area contributed by atoms with Crippen molar-refractivity contribution in [2.45, 2.75) is 13.1 Å². The molecule has 1 aliphatic rings. The van der Waals surface area contributed by atoms with E-state index in [0.29, 0.717) is 16.9 Å². The molecular formula is C20H21F3N6O2S. The van der Waals surface area contributed by atoms with Crippen molar-refractivity contribution in [1.29, 1.82) is 0 Å². The zero-order chi connectivity index (χ0) is 23.2. The van der Waals surface area contributed by atoms with Gasteiger partial charge in [0, 0.05) is 37.4 Å². The highest BCUT2D eigenvalue weighted by Crippen LogP contribution is 2.40. The van der Waals surface area contributed by atoms with E-state index in [2.05, 4.69) is 27.1 Å². The first-order chi connectivity index (χ1) is 15.1. The number of carbonyl (C=O) groups is 2. The van der Waals surface area contributed by atoms with Crippen molar-refractivity contribution in [2.24, 2.45) is 5.73 Å². The summed E-state index contributed by atoms with van der Waals surface area (Å²) in [6.07, 6.45) is -4.81. The van der Waals surface area contributed by atoms with E-state index < -0.39 is 28.6 Å². The van der Waals surface area contributed by atoms with Crippen LogP contribution in [-0.4, -0.2) is 59.3 Å². The third kappa shape index (κ3) is 4.02. The van der Waals surface area contributed by atoms with Crippen molar-refractivity contribution >= 4 is 39.5 Å². The van der Waals surface area contributed by atoms with Gasteiger partial charge in [0.15, 0.2) is 11.5 Å². The lowest BCUT2D eigenvalue weighted by molar-refractivity contribution is -0.142. The van der Waals surface area contributed by atoms with Crippen molar-refractivity contribution in [2.75, 3.05) is 43.4 Å². The number of imidazole rings is 1. The number of fused-ring (bicyclic) bond motifs is 1. The average Bonchev–Trinajstić information content (AvgIpc) is 3.27. The molecule has 1 saturated heterocycles. The fourth-order valence-electron chi connectivity index (χ4n) is 3.69. The molecule has 3 heterocycles. The standard InChI is InChI=1S/C20H21F3N6O2S/c1-11-25-17(19-29(11)15(20(21,22)23)14(32-19)16(24)30)26-18(31)12-3-5-13(6-4-12)28-9-7-27(2)8-10-28/h3-6H,7-10H2,1-2H3,(H2,24,30)(H,26,31). The quantitative estimate of drug-likeness (QED) is 0.617. The molecule has 12 heteroatoms. The molecule has 0 atom stereocenters. The molecule has 1 aliphatic heterocycles. The maximum Gasteiger partial charge on any atom is 0.433 e. The Morgan fingerprint density at radius 3 is 2.31 bits per heavy atom. The summed E-state index contributed by atoms with van der Waals surface area (Å²) < 4.78 is 41.5. The Balaban J connectivity index is 1.60. The highest BCUT2D eigenvalue weighted by atomic mass is 32.1. The summed E-state index contributed by atoms with van der Waals surface area (Å²) in [4.78, 5) is 32.2. The van der Waals surface area contributed by atoms with Crippen molar-refractivity contribution in [3.63, 3.8) is 0 Å². The first-order valence-corrected chi connectivity index (χ1v) is 10.6. The Labute approximate surface area is 185 Å². The number of nitrogens with zero attached hydrogens (tertiary/aromatic N) is 4. The number of benzene rings is 1. The smallest absolute Gasteiger partial charge is 0.369 e. The highest BCUT2D eigenvalue weighted by molar-refractivity contribution is 7.20. The number of carbonyl (C=O) groups excluding carboxylic acids is 2. The van der Waals surface area contributed by atoms with Gasteiger partial charge in [-0.25, -0.2) is 4.98 Å². The second-order valence-corrected chi connectivity index (χ2v) is 8.58. The van der Waals surface area contributed by atoms with Gasteiger partial charge >= 0.3 is 6.18 Å². The number of hydrogen-bond acceptors (Lipinski definition) is 6. The molecule has 4 rings (SSSR count). The Kier molecular flexibility index (Phi) is 5.59. The molecule has 3 N–H and O–H groups in total.